The van der Waals surface area contributed by atoms with Crippen molar-refractivity contribution in [2.75, 3.05) is 13.1 Å². The molecule has 3 nitrogen and oxygen atoms in total. The summed E-state index contributed by atoms with van der Waals surface area (Å²) in [6.07, 6.45) is 3.72. The molecule has 0 aliphatic carbocycles. The number of rotatable bonds is 3. The van der Waals surface area contributed by atoms with Crippen LogP contribution in [0.1, 0.15) is 44.9 Å². The van der Waals surface area contributed by atoms with Gasteiger partial charge in [-0.2, -0.15) is 0 Å². The van der Waals surface area contributed by atoms with Crippen molar-refractivity contribution in [1.29, 1.82) is 0 Å². The van der Waals surface area contributed by atoms with E-state index in [9.17, 15) is 0 Å². The van der Waals surface area contributed by atoms with E-state index in [-0.39, 0.29) is 0 Å². The van der Waals surface area contributed by atoms with Crippen LogP contribution in [0.15, 0.2) is 21.2 Å². The van der Waals surface area contributed by atoms with Gasteiger partial charge in [0.1, 0.15) is 5.76 Å². The van der Waals surface area contributed by atoms with E-state index >= 15 is 0 Å². The third kappa shape index (κ3) is 2.98. The van der Waals surface area contributed by atoms with Gasteiger partial charge in [0.25, 0.3) is 0 Å². The molecule has 102 valence electrons. The second kappa shape index (κ2) is 6.22. The molecule has 4 heteroatoms. The summed E-state index contributed by atoms with van der Waals surface area (Å²) in [5.74, 6) is 1.54. The van der Waals surface area contributed by atoms with Gasteiger partial charge in [-0.1, -0.05) is 6.42 Å². The Morgan fingerprint density at radius 1 is 1.44 bits per heavy atom. The minimum absolute atomic E-state index is 0.323. The Kier molecular flexibility index (Phi) is 4.87. The predicted octanol–water partition coefficient (Wildman–Crippen LogP) is 3.55. The fourth-order valence-corrected chi connectivity index (χ4v) is 3.30. The SMILES string of the molecule is CC(C)N1CCCCC(CN)C1c1ccc(Br)o1. The molecular weight excluding hydrogens is 292 g/mol. The number of hydrogen-bond donors (Lipinski definition) is 1. The van der Waals surface area contributed by atoms with Crippen molar-refractivity contribution in [2.24, 2.45) is 11.7 Å². The molecule has 1 fully saturated rings. The molecule has 0 aromatic carbocycles. The van der Waals surface area contributed by atoms with Crippen LogP contribution >= 0.6 is 15.9 Å². The third-order valence-corrected chi connectivity index (χ3v) is 4.32. The highest BCUT2D eigenvalue weighted by Crippen LogP contribution is 2.37. The highest BCUT2D eigenvalue weighted by atomic mass is 79.9. The molecule has 0 radical (unpaired) electrons. The Morgan fingerprint density at radius 3 is 2.78 bits per heavy atom. The van der Waals surface area contributed by atoms with Crippen molar-refractivity contribution in [3.63, 3.8) is 0 Å². The fourth-order valence-electron chi connectivity index (χ4n) is 2.98. The number of nitrogens with zero attached hydrogens (tertiary/aromatic N) is 1. The summed E-state index contributed by atoms with van der Waals surface area (Å²) in [5.41, 5.74) is 5.99. The minimum atomic E-state index is 0.323. The lowest BCUT2D eigenvalue weighted by molar-refractivity contribution is 0.103. The van der Waals surface area contributed by atoms with Gasteiger partial charge in [0, 0.05) is 6.04 Å². The van der Waals surface area contributed by atoms with Gasteiger partial charge in [0.05, 0.1) is 6.04 Å². The molecule has 1 aromatic heterocycles. The van der Waals surface area contributed by atoms with Crippen molar-refractivity contribution in [2.45, 2.75) is 45.2 Å². The van der Waals surface area contributed by atoms with Gasteiger partial charge in [-0.15, -0.1) is 0 Å². The molecule has 1 saturated heterocycles. The maximum atomic E-state index is 5.99. The highest BCUT2D eigenvalue weighted by molar-refractivity contribution is 9.10. The van der Waals surface area contributed by atoms with E-state index in [0.29, 0.717) is 18.0 Å². The first-order chi connectivity index (χ1) is 8.63. The Morgan fingerprint density at radius 2 is 2.22 bits per heavy atom. The van der Waals surface area contributed by atoms with E-state index < -0.39 is 0 Å². The molecule has 1 aromatic rings. The van der Waals surface area contributed by atoms with Crippen molar-refractivity contribution < 1.29 is 4.42 Å². The van der Waals surface area contributed by atoms with Crippen LogP contribution in [0.3, 0.4) is 0 Å². The molecule has 2 atom stereocenters. The van der Waals surface area contributed by atoms with Crippen LogP contribution in [0.5, 0.6) is 0 Å². The Hall–Kier alpha value is -0.320. The van der Waals surface area contributed by atoms with Crippen LogP contribution < -0.4 is 5.73 Å². The van der Waals surface area contributed by atoms with E-state index in [0.717, 1.165) is 23.5 Å². The number of nitrogens with two attached hydrogens (primary N) is 1. The minimum Gasteiger partial charge on any atom is -0.453 e. The number of hydrogen-bond acceptors (Lipinski definition) is 3. The number of furan rings is 1. The Balaban J connectivity index is 2.32. The van der Waals surface area contributed by atoms with Gasteiger partial charge in [-0.05, 0) is 73.8 Å². The fraction of sp³-hybridized carbons (Fsp3) is 0.714. The van der Waals surface area contributed by atoms with Crippen molar-refractivity contribution in [3.05, 3.63) is 22.6 Å². The molecule has 1 aliphatic rings. The zero-order chi connectivity index (χ0) is 13.1. The lowest BCUT2D eigenvalue weighted by Crippen LogP contribution is -2.39. The zero-order valence-corrected chi connectivity index (χ0v) is 12.8. The first kappa shape index (κ1) is 14.1. The largest absolute Gasteiger partial charge is 0.453 e. The summed E-state index contributed by atoms with van der Waals surface area (Å²) in [6.45, 7) is 6.37. The smallest absolute Gasteiger partial charge is 0.169 e. The van der Waals surface area contributed by atoms with Crippen LogP contribution in [0.2, 0.25) is 0 Å². The van der Waals surface area contributed by atoms with Gasteiger partial charge < -0.3 is 10.2 Å². The Bertz CT molecular complexity index is 378. The lowest BCUT2D eigenvalue weighted by atomic mass is 9.92. The predicted molar refractivity (Wildman–Crippen MR) is 77.4 cm³/mol. The third-order valence-electron chi connectivity index (χ3n) is 3.90. The van der Waals surface area contributed by atoms with Crippen LogP contribution in [0.25, 0.3) is 0 Å². The Labute approximate surface area is 118 Å². The molecular formula is C14H23BrN2O. The van der Waals surface area contributed by atoms with Crippen LogP contribution in [0.4, 0.5) is 0 Å². The number of likely N-dealkylation sites (tertiary alicyclic amines) is 1. The maximum absolute atomic E-state index is 5.99. The topological polar surface area (TPSA) is 42.4 Å². The quantitative estimate of drug-likeness (QED) is 0.927. The van der Waals surface area contributed by atoms with Crippen molar-refractivity contribution in [3.8, 4) is 0 Å². The van der Waals surface area contributed by atoms with Crippen LogP contribution in [0, 0.1) is 5.92 Å². The van der Waals surface area contributed by atoms with Gasteiger partial charge >= 0.3 is 0 Å². The summed E-state index contributed by atoms with van der Waals surface area (Å²) >= 11 is 3.40. The molecule has 0 saturated carbocycles. The van der Waals surface area contributed by atoms with E-state index in [1.807, 2.05) is 6.07 Å². The van der Waals surface area contributed by atoms with Crippen molar-refractivity contribution in [1.82, 2.24) is 4.90 Å². The summed E-state index contributed by atoms with van der Waals surface area (Å²) in [5, 5.41) is 0. The van der Waals surface area contributed by atoms with Gasteiger partial charge in [-0.25, -0.2) is 0 Å². The molecule has 0 amide bonds. The molecule has 0 bridgehead atoms. The summed E-state index contributed by atoms with van der Waals surface area (Å²) in [4.78, 5) is 2.54. The van der Waals surface area contributed by atoms with E-state index in [1.54, 1.807) is 0 Å². The van der Waals surface area contributed by atoms with Gasteiger partial charge in [0.15, 0.2) is 4.67 Å². The van der Waals surface area contributed by atoms with E-state index in [4.69, 9.17) is 10.2 Å². The average Bonchev–Trinajstić information content (AvgIpc) is 2.64. The average molecular weight is 315 g/mol. The zero-order valence-electron chi connectivity index (χ0n) is 11.2. The molecule has 1 aliphatic heterocycles. The highest BCUT2D eigenvalue weighted by Gasteiger charge is 2.33. The second-order valence-electron chi connectivity index (χ2n) is 5.41. The molecule has 2 heterocycles. The van der Waals surface area contributed by atoms with Gasteiger partial charge in [-0.3, -0.25) is 4.90 Å². The van der Waals surface area contributed by atoms with Crippen molar-refractivity contribution >= 4 is 15.9 Å². The molecule has 2 N–H and O–H groups in total. The van der Waals surface area contributed by atoms with Crippen LogP contribution in [-0.4, -0.2) is 24.0 Å². The number of halogens is 1. The molecule has 18 heavy (non-hydrogen) atoms. The van der Waals surface area contributed by atoms with E-state index in [2.05, 4.69) is 40.7 Å². The lowest BCUT2D eigenvalue weighted by Gasteiger charge is -2.36. The second-order valence-corrected chi connectivity index (χ2v) is 6.19. The van der Waals surface area contributed by atoms with Gasteiger partial charge in [0.2, 0.25) is 0 Å². The standard InChI is InChI=1S/C14H23BrN2O/c1-10(2)17-8-4-3-5-11(9-16)14(17)12-6-7-13(15)18-12/h6-7,10-11,14H,3-5,8-9,16H2,1-2H3. The maximum Gasteiger partial charge on any atom is 0.169 e. The van der Waals surface area contributed by atoms with E-state index in [1.165, 1.54) is 19.3 Å². The van der Waals surface area contributed by atoms with Crippen LogP contribution in [-0.2, 0) is 0 Å². The summed E-state index contributed by atoms with van der Waals surface area (Å²) in [6, 6.07) is 4.90. The normalized spacial score (nSPS) is 26.5. The first-order valence-corrected chi connectivity index (χ1v) is 7.63. The first-order valence-electron chi connectivity index (χ1n) is 6.84. The summed E-state index contributed by atoms with van der Waals surface area (Å²) < 4.78 is 6.62. The molecule has 2 unspecified atom stereocenters. The summed E-state index contributed by atoms with van der Waals surface area (Å²) in [7, 11) is 0. The monoisotopic (exact) mass is 314 g/mol. The molecule has 0 spiro atoms. The molecule has 2 rings (SSSR count).